The van der Waals surface area contributed by atoms with Crippen molar-refractivity contribution in [1.29, 1.82) is 0 Å². The summed E-state index contributed by atoms with van der Waals surface area (Å²) >= 11 is 0. The fourth-order valence-electron chi connectivity index (χ4n) is 2.30. The van der Waals surface area contributed by atoms with E-state index in [1.54, 1.807) is 18.5 Å². The van der Waals surface area contributed by atoms with Gasteiger partial charge < -0.3 is 16.0 Å². The molecule has 0 spiro atoms. The van der Waals surface area contributed by atoms with Crippen molar-refractivity contribution in [2.45, 2.75) is 13.0 Å². The number of aromatic amines is 1. The van der Waals surface area contributed by atoms with Gasteiger partial charge in [0.05, 0.1) is 5.56 Å². The lowest BCUT2D eigenvalue weighted by molar-refractivity contribution is 0.0954. The Morgan fingerprint density at radius 1 is 1.43 bits per heavy atom. The van der Waals surface area contributed by atoms with Gasteiger partial charge in [-0.15, -0.1) is 0 Å². The maximum Gasteiger partial charge on any atom is 0.253 e. The van der Waals surface area contributed by atoms with Crippen LogP contribution in [0.2, 0.25) is 0 Å². The van der Waals surface area contributed by atoms with Crippen LogP contribution in [0.3, 0.4) is 0 Å². The van der Waals surface area contributed by atoms with E-state index in [1.807, 2.05) is 29.1 Å². The Hall–Kier alpha value is -2.76. The van der Waals surface area contributed by atoms with Crippen molar-refractivity contribution in [2.24, 2.45) is 0 Å². The highest BCUT2D eigenvalue weighted by Gasteiger charge is 2.11. The fraction of sp³-hybridized carbons (Fsp3) is 0.200. The largest absolute Gasteiger partial charge is 0.399 e. The van der Waals surface area contributed by atoms with Crippen LogP contribution in [0, 0.1) is 0 Å². The first kappa shape index (κ1) is 13.2. The number of hydrogen-bond donors (Lipinski definition) is 3. The van der Waals surface area contributed by atoms with Gasteiger partial charge in [0.1, 0.15) is 0 Å². The first-order valence-electron chi connectivity index (χ1n) is 6.86. The Morgan fingerprint density at radius 2 is 2.33 bits per heavy atom. The summed E-state index contributed by atoms with van der Waals surface area (Å²) in [5.74, 6) is -0.0773. The number of rotatable bonds is 5. The van der Waals surface area contributed by atoms with Crippen LogP contribution in [0.25, 0.3) is 10.9 Å². The molecule has 2 heterocycles. The van der Waals surface area contributed by atoms with Gasteiger partial charge in [-0.3, -0.25) is 9.48 Å². The molecule has 108 valence electrons. The SMILES string of the molecule is Nc1ccc2c(C(=O)NCCCn3cccn3)c[nH]c2c1. The van der Waals surface area contributed by atoms with Gasteiger partial charge >= 0.3 is 0 Å². The van der Waals surface area contributed by atoms with Crippen molar-refractivity contribution in [3.8, 4) is 0 Å². The lowest BCUT2D eigenvalue weighted by Gasteiger charge is -2.05. The second kappa shape index (κ2) is 5.70. The van der Waals surface area contributed by atoms with Crippen molar-refractivity contribution in [3.05, 3.63) is 48.4 Å². The molecule has 6 nitrogen and oxygen atoms in total. The fourth-order valence-corrected chi connectivity index (χ4v) is 2.30. The molecule has 3 aromatic rings. The molecule has 0 aliphatic rings. The van der Waals surface area contributed by atoms with Crippen molar-refractivity contribution < 1.29 is 4.79 Å². The molecule has 6 heteroatoms. The highest BCUT2D eigenvalue weighted by atomic mass is 16.1. The molecule has 0 atom stereocenters. The summed E-state index contributed by atoms with van der Waals surface area (Å²) in [6.45, 7) is 1.40. The predicted octanol–water partition coefficient (Wildman–Crippen LogP) is 1.77. The molecule has 0 saturated carbocycles. The highest BCUT2D eigenvalue weighted by Crippen LogP contribution is 2.20. The third kappa shape index (κ3) is 2.89. The quantitative estimate of drug-likeness (QED) is 0.492. The van der Waals surface area contributed by atoms with Gasteiger partial charge in [0, 0.05) is 48.3 Å². The lowest BCUT2D eigenvalue weighted by Crippen LogP contribution is -2.25. The molecule has 0 aliphatic heterocycles. The van der Waals surface area contributed by atoms with E-state index in [-0.39, 0.29) is 5.91 Å². The van der Waals surface area contributed by atoms with Crippen molar-refractivity contribution in [1.82, 2.24) is 20.1 Å². The molecule has 21 heavy (non-hydrogen) atoms. The van der Waals surface area contributed by atoms with Crippen LogP contribution in [0.4, 0.5) is 5.69 Å². The number of nitrogens with two attached hydrogens (primary N) is 1. The second-order valence-corrected chi connectivity index (χ2v) is 4.89. The van der Waals surface area contributed by atoms with E-state index in [2.05, 4.69) is 15.4 Å². The van der Waals surface area contributed by atoms with Crippen LogP contribution in [-0.4, -0.2) is 27.2 Å². The molecular weight excluding hydrogens is 266 g/mol. The van der Waals surface area contributed by atoms with E-state index < -0.39 is 0 Å². The van der Waals surface area contributed by atoms with E-state index in [1.165, 1.54) is 0 Å². The number of amides is 1. The molecule has 4 N–H and O–H groups in total. The third-order valence-electron chi connectivity index (χ3n) is 3.36. The van der Waals surface area contributed by atoms with Crippen LogP contribution in [0.5, 0.6) is 0 Å². The first-order valence-corrected chi connectivity index (χ1v) is 6.86. The Kier molecular flexibility index (Phi) is 3.59. The average Bonchev–Trinajstić information content (AvgIpc) is 3.12. The molecule has 3 rings (SSSR count). The smallest absolute Gasteiger partial charge is 0.253 e. The molecule has 0 fully saturated rings. The Balaban J connectivity index is 1.59. The number of nitrogens with zero attached hydrogens (tertiary/aromatic N) is 2. The first-order chi connectivity index (χ1) is 10.2. The monoisotopic (exact) mass is 283 g/mol. The minimum Gasteiger partial charge on any atom is -0.399 e. The number of aryl methyl sites for hydroxylation is 1. The summed E-state index contributed by atoms with van der Waals surface area (Å²) < 4.78 is 1.85. The zero-order valence-corrected chi connectivity index (χ0v) is 11.5. The molecule has 0 saturated heterocycles. The van der Waals surface area contributed by atoms with Gasteiger partial charge in [0.15, 0.2) is 0 Å². The van der Waals surface area contributed by atoms with Crippen LogP contribution >= 0.6 is 0 Å². The molecule has 0 bridgehead atoms. The zero-order chi connectivity index (χ0) is 14.7. The van der Waals surface area contributed by atoms with Gasteiger partial charge in [0.25, 0.3) is 5.91 Å². The molecule has 1 amide bonds. The maximum absolute atomic E-state index is 12.2. The van der Waals surface area contributed by atoms with Gasteiger partial charge in [-0.1, -0.05) is 0 Å². The number of benzene rings is 1. The van der Waals surface area contributed by atoms with Gasteiger partial charge in [-0.05, 0) is 30.7 Å². The Morgan fingerprint density at radius 3 is 3.14 bits per heavy atom. The number of carbonyl (C=O) groups excluding carboxylic acids is 1. The van der Waals surface area contributed by atoms with Crippen LogP contribution in [-0.2, 0) is 6.54 Å². The van der Waals surface area contributed by atoms with E-state index >= 15 is 0 Å². The molecule has 0 aliphatic carbocycles. The summed E-state index contributed by atoms with van der Waals surface area (Å²) in [5, 5.41) is 7.93. The van der Waals surface area contributed by atoms with E-state index in [9.17, 15) is 4.79 Å². The summed E-state index contributed by atoms with van der Waals surface area (Å²) in [7, 11) is 0. The van der Waals surface area contributed by atoms with Crippen LogP contribution in [0.15, 0.2) is 42.9 Å². The van der Waals surface area contributed by atoms with Crippen molar-refractivity contribution >= 4 is 22.5 Å². The lowest BCUT2D eigenvalue weighted by atomic mass is 10.1. The Labute approximate surface area is 121 Å². The highest BCUT2D eigenvalue weighted by molar-refractivity contribution is 6.07. The maximum atomic E-state index is 12.2. The van der Waals surface area contributed by atoms with E-state index in [4.69, 9.17) is 5.73 Å². The minimum atomic E-state index is -0.0773. The van der Waals surface area contributed by atoms with E-state index in [0.29, 0.717) is 17.8 Å². The van der Waals surface area contributed by atoms with Crippen LogP contribution < -0.4 is 11.1 Å². The number of nitrogen functional groups attached to an aromatic ring is 1. The van der Waals surface area contributed by atoms with Gasteiger partial charge in [-0.25, -0.2) is 0 Å². The van der Waals surface area contributed by atoms with Crippen molar-refractivity contribution in [2.75, 3.05) is 12.3 Å². The summed E-state index contributed by atoms with van der Waals surface area (Å²) in [5.41, 5.74) is 7.92. The number of carbonyl (C=O) groups is 1. The summed E-state index contributed by atoms with van der Waals surface area (Å²) in [4.78, 5) is 15.2. The topological polar surface area (TPSA) is 88.7 Å². The van der Waals surface area contributed by atoms with E-state index in [0.717, 1.165) is 23.9 Å². The number of H-pyrrole nitrogens is 1. The molecular formula is C15H17N5O. The standard InChI is InChI=1S/C15H17N5O/c16-11-3-4-12-13(10-18-14(12)9-11)15(21)17-5-1-7-20-8-2-6-19-20/h2-4,6,8-10,18H,1,5,7,16H2,(H,17,21). The number of nitrogens with one attached hydrogen (secondary N) is 2. The molecule has 0 radical (unpaired) electrons. The molecule has 2 aromatic heterocycles. The number of aromatic nitrogens is 3. The molecule has 1 aromatic carbocycles. The number of anilines is 1. The third-order valence-corrected chi connectivity index (χ3v) is 3.36. The van der Waals surface area contributed by atoms with Gasteiger partial charge in [-0.2, -0.15) is 5.10 Å². The predicted molar refractivity (Wildman–Crippen MR) is 81.9 cm³/mol. The number of fused-ring (bicyclic) bond motifs is 1. The number of hydrogen-bond acceptors (Lipinski definition) is 3. The minimum absolute atomic E-state index is 0.0773. The van der Waals surface area contributed by atoms with Crippen LogP contribution in [0.1, 0.15) is 16.8 Å². The molecule has 0 unspecified atom stereocenters. The normalized spacial score (nSPS) is 10.9. The second-order valence-electron chi connectivity index (χ2n) is 4.89. The average molecular weight is 283 g/mol. The van der Waals surface area contributed by atoms with Gasteiger partial charge in [0.2, 0.25) is 0 Å². The zero-order valence-electron chi connectivity index (χ0n) is 11.5. The van der Waals surface area contributed by atoms with Crippen molar-refractivity contribution in [3.63, 3.8) is 0 Å². The Bertz CT molecular complexity index is 745. The summed E-state index contributed by atoms with van der Waals surface area (Å²) in [6, 6.07) is 7.37. The summed E-state index contributed by atoms with van der Waals surface area (Å²) in [6.07, 6.45) is 6.21.